The molecule has 0 saturated carbocycles. The lowest BCUT2D eigenvalue weighted by Gasteiger charge is -2.34. The van der Waals surface area contributed by atoms with E-state index in [0.29, 0.717) is 25.1 Å². The molecule has 0 aliphatic carbocycles. The first-order valence-electron chi connectivity index (χ1n) is 12.5. The van der Waals surface area contributed by atoms with Crippen molar-refractivity contribution in [3.63, 3.8) is 0 Å². The lowest BCUT2D eigenvalue weighted by atomic mass is 10.0. The molecule has 1 rings (SSSR count). The summed E-state index contributed by atoms with van der Waals surface area (Å²) in [5.41, 5.74) is -0.226. The molecule has 2 unspecified atom stereocenters. The van der Waals surface area contributed by atoms with E-state index in [-0.39, 0.29) is 17.4 Å². The van der Waals surface area contributed by atoms with E-state index in [1.807, 2.05) is 0 Å². The first kappa shape index (κ1) is 30.6. The summed E-state index contributed by atoms with van der Waals surface area (Å²) < 4.78 is 5.32. The third kappa shape index (κ3) is 11.2. The van der Waals surface area contributed by atoms with Crippen molar-refractivity contribution in [2.24, 2.45) is 0 Å². The van der Waals surface area contributed by atoms with Crippen LogP contribution >= 0.6 is 12.6 Å². The second-order valence-corrected chi connectivity index (χ2v) is 9.98. The van der Waals surface area contributed by atoms with Crippen LogP contribution in [0.25, 0.3) is 0 Å². The van der Waals surface area contributed by atoms with E-state index in [2.05, 4.69) is 37.1 Å². The summed E-state index contributed by atoms with van der Waals surface area (Å²) >= 11 is 4.29. The lowest BCUT2D eigenvalue weighted by molar-refractivity contribution is -0.142. The number of carbonyl (C=O) groups is 3. The lowest BCUT2D eigenvalue weighted by Crippen LogP contribution is -2.54. The number of hydrogen-bond donors (Lipinski definition) is 4. The molecule has 3 N–H and O–H groups in total. The van der Waals surface area contributed by atoms with Gasteiger partial charge in [0.05, 0.1) is 0 Å². The summed E-state index contributed by atoms with van der Waals surface area (Å²) in [7, 11) is 0. The number of hydrogen-bond acceptors (Lipinski definition) is 6. The van der Waals surface area contributed by atoms with Gasteiger partial charge in [-0.1, -0.05) is 51.7 Å². The maximum Gasteiger partial charge on any atom is 0.408 e. The maximum atomic E-state index is 13.7. The number of thiol groups is 1. The van der Waals surface area contributed by atoms with E-state index in [0.717, 1.165) is 32.1 Å². The topological polar surface area (TPSA) is 108 Å². The zero-order valence-electron chi connectivity index (χ0n) is 21.8. The Morgan fingerprint density at radius 1 is 1.09 bits per heavy atom. The molecule has 0 radical (unpaired) electrons. The van der Waals surface area contributed by atoms with Gasteiger partial charge in [-0.15, -0.1) is 0 Å². The normalized spacial score (nSPS) is 13.0. The zero-order valence-corrected chi connectivity index (χ0v) is 22.7. The van der Waals surface area contributed by atoms with Gasteiger partial charge in [-0.3, -0.25) is 9.59 Å². The van der Waals surface area contributed by atoms with Crippen LogP contribution in [0, 0.1) is 0 Å². The fraction of sp³-hybridized carbons (Fsp3) is 0.654. The molecule has 1 aromatic rings. The molecule has 0 saturated heterocycles. The van der Waals surface area contributed by atoms with E-state index in [1.165, 1.54) is 17.0 Å². The summed E-state index contributed by atoms with van der Waals surface area (Å²) in [5, 5.41) is 15.6. The smallest absolute Gasteiger partial charge is 0.408 e. The van der Waals surface area contributed by atoms with Crippen LogP contribution in [-0.2, 0) is 14.3 Å². The Labute approximate surface area is 215 Å². The van der Waals surface area contributed by atoms with E-state index in [1.54, 1.807) is 32.9 Å². The standard InChI is InChI=1S/C26H43N3O5S/c1-6-8-10-15-27-23(31)22(19-13-12-14-20(30)17-19)29(16-11-9-7-2)24(32)21(18-35)28-25(33)34-26(3,4)5/h12-14,17,21-22,30,35H,6-11,15-16,18H2,1-5H3,(H,27,31)(H,28,33). The number of aromatic hydroxyl groups is 1. The molecule has 0 aromatic heterocycles. The van der Waals surface area contributed by atoms with Crippen molar-refractivity contribution >= 4 is 30.5 Å². The first-order chi connectivity index (χ1) is 16.5. The van der Waals surface area contributed by atoms with Gasteiger partial charge in [0.15, 0.2) is 0 Å². The van der Waals surface area contributed by atoms with Crippen LogP contribution in [-0.4, -0.2) is 58.4 Å². The predicted octanol–water partition coefficient (Wildman–Crippen LogP) is 4.58. The number of rotatable bonds is 14. The molecule has 3 amide bonds. The van der Waals surface area contributed by atoms with Crippen molar-refractivity contribution in [3.8, 4) is 5.75 Å². The molecular weight excluding hydrogens is 466 g/mol. The van der Waals surface area contributed by atoms with Gasteiger partial charge in [0, 0.05) is 18.8 Å². The van der Waals surface area contributed by atoms with Gasteiger partial charge in [-0.2, -0.15) is 12.6 Å². The molecule has 1 aromatic carbocycles. The number of nitrogens with one attached hydrogen (secondary N) is 2. The number of alkyl carbamates (subject to hydrolysis) is 1. The third-order valence-corrected chi connectivity index (χ3v) is 5.65. The van der Waals surface area contributed by atoms with Crippen molar-refractivity contribution in [3.05, 3.63) is 29.8 Å². The van der Waals surface area contributed by atoms with Gasteiger partial charge in [0.1, 0.15) is 23.4 Å². The highest BCUT2D eigenvalue weighted by Gasteiger charge is 2.35. The van der Waals surface area contributed by atoms with Gasteiger partial charge in [-0.05, 0) is 51.3 Å². The summed E-state index contributed by atoms with van der Waals surface area (Å²) in [6, 6.07) is 4.42. The van der Waals surface area contributed by atoms with Crippen LogP contribution in [0.15, 0.2) is 24.3 Å². The predicted molar refractivity (Wildman–Crippen MR) is 142 cm³/mol. The molecule has 0 fully saturated rings. The molecule has 8 nitrogen and oxygen atoms in total. The van der Waals surface area contributed by atoms with Crippen LogP contribution in [0.5, 0.6) is 5.75 Å². The van der Waals surface area contributed by atoms with Gasteiger partial charge >= 0.3 is 6.09 Å². The molecular formula is C26H43N3O5S. The molecule has 35 heavy (non-hydrogen) atoms. The fourth-order valence-electron chi connectivity index (χ4n) is 3.59. The van der Waals surface area contributed by atoms with E-state index >= 15 is 0 Å². The molecule has 198 valence electrons. The number of nitrogens with zero attached hydrogens (tertiary/aromatic N) is 1. The average Bonchev–Trinajstić information content (AvgIpc) is 2.78. The Bertz CT molecular complexity index is 812. The molecule has 0 spiro atoms. The second-order valence-electron chi connectivity index (χ2n) is 9.62. The Morgan fingerprint density at radius 3 is 2.31 bits per heavy atom. The van der Waals surface area contributed by atoms with E-state index < -0.39 is 29.7 Å². The minimum atomic E-state index is -0.984. The molecule has 2 atom stereocenters. The minimum absolute atomic E-state index is 0.00450. The van der Waals surface area contributed by atoms with Crippen LogP contribution in [0.2, 0.25) is 0 Å². The molecule has 0 aliphatic rings. The van der Waals surface area contributed by atoms with Crippen LogP contribution in [0.3, 0.4) is 0 Å². The number of benzene rings is 1. The molecule has 0 aliphatic heterocycles. The van der Waals surface area contributed by atoms with Gasteiger partial charge in [0.25, 0.3) is 0 Å². The number of phenols is 1. The number of carbonyl (C=O) groups excluding carboxylic acids is 3. The van der Waals surface area contributed by atoms with Crippen molar-refractivity contribution in [1.82, 2.24) is 15.5 Å². The maximum absolute atomic E-state index is 13.7. The number of amides is 3. The first-order valence-corrected chi connectivity index (χ1v) is 13.1. The van der Waals surface area contributed by atoms with Crippen LogP contribution in [0.4, 0.5) is 4.79 Å². The molecule has 0 heterocycles. The fourth-order valence-corrected chi connectivity index (χ4v) is 3.83. The minimum Gasteiger partial charge on any atom is -0.508 e. The van der Waals surface area contributed by atoms with Crippen molar-refractivity contribution in [2.75, 3.05) is 18.8 Å². The average molecular weight is 510 g/mol. The van der Waals surface area contributed by atoms with E-state index in [9.17, 15) is 19.5 Å². The SMILES string of the molecule is CCCCCNC(=O)C(c1cccc(O)c1)N(CCCCC)C(=O)C(CS)NC(=O)OC(C)(C)C. The highest BCUT2D eigenvalue weighted by atomic mass is 32.1. The zero-order chi connectivity index (χ0) is 26.4. The van der Waals surface area contributed by atoms with Crippen molar-refractivity contribution in [2.45, 2.75) is 90.8 Å². The van der Waals surface area contributed by atoms with Crippen molar-refractivity contribution in [1.29, 1.82) is 0 Å². The van der Waals surface area contributed by atoms with Crippen LogP contribution < -0.4 is 10.6 Å². The van der Waals surface area contributed by atoms with Gasteiger partial charge in [-0.25, -0.2) is 4.79 Å². The quantitative estimate of drug-likeness (QED) is 0.217. The van der Waals surface area contributed by atoms with Gasteiger partial charge < -0.3 is 25.4 Å². The van der Waals surface area contributed by atoms with Gasteiger partial charge in [0.2, 0.25) is 11.8 Å². The Hall–Kier alpha value is -2.42. The summed E-state index contributed by atoms with van der Waals surface area (Å²) in [4.78, 5) is 41.0. The summed E-state index contributed by atoms with van der Waals surface area (Å²) in [5.74, 6) is -0.719. The molecule has 9 heteroatoms. The highest BCUT2D eigenvalue weighted by Crippen LogP contribution is 2.26. The monoisotopic (exact) mass is 509 g/mol. The number of phenolic OH excluding ortho intramolecular Hbond substituents is 1. The summed E-state index contributed by atoms with van der Waals surface area (Å²) in [6.45, 7) is 10.2. The third-order valence-electron chi connectivity index (χ3n) is 5.28. The van der Waals surface area contributed by atoms with E-state index in [4.69, 9.17) is 4.74 Å². The molecule has 0 bridgehead atoms. The second kappa shape index (κ2) is 15.5. The number of ether oxygens (including phenoxy) is 1. The number of unbranched alkanes of at least 4 members (excludes halogenated alkanes) is 4. The van der Waals surface area contributed by atoms with Crippen molar-refractivity contribution < 1.29 is 24.2 Å². The Morgan fingerprint density at radius 2 is 1.74 bits per heavy atom. The largest absolute Gasteiger partial charge is 0.508 e. The Balaban J connectivity index is 3.30. The highest BCUT2D eigenvalue weighted by molar-refractivity contribution is 7.80. The van der Waals surface area contributed by atoms with Crippen LogP contribution in [0.1, 0.15) is 84.7 Å². The Kier molecular flexibility index (Phi) is 13.6. The summed E-state index contributed by atoms with van der Waals surface area (Å²) in [6.07, 6.45) is 4.61.